The number of hydrogen-bond donors (Lipinski definition) is 0. The number of amides is 1. The maximum atomic E-state index is 12.8. The predicted octanol–water partition coefficient (Wildman–Crippen LogP) is 4.61. The molecule has 0 saturated heterocycles. The normalized spacial score (nSPS) is 21.3. The summed E-state index contributed by atoms with van der Waals surface area (Å²) in [4.78, 5) is 34.9. The van der Waals surface area contributed by atoms with Crippen molar-refractivity contribution in [3.63, 3.8) is 0 Å². The van der Waals surface area contributed by atoms with Crippen molar-refractivity contribution < 1.29 is 14.0 Å². The van der Waals surface area contributed by atoms with Crippen molar-refractivity contribution in [2.24, 2.45) is 10.7 Å². The zero-order chi connectivity index (χ0) is 20.2. The Bertz CT molecular complexity index is 581. The van der Waals surface area contributed by atoms with Crippen LogP contribution in [-0.2, 0) is 14.0 Å². The number of allylic oxidation sites excluding steroid dienone is 1. The SMILES string of the molecule is CC(=O)N(CCC[C@@]1(CO[Si](C)(C)C(C)(C)C)C=C(C)CCC1=O)N=O. The van der Waals surface area contributed by atoms with Gasteiger partial charge in [-0.2, -0.15) is 5.01 Å². The molecule has 0 saturated carbocycles. The second-order valence-electron chi connectivity index (χ2n) is 8.95. The van der Waals surface area contributed by atoms with Crippen LogP contribution in [-0.4, -0.2) is 38.2 Å². The van der Waals surface area contributed by atoms with E-state index < -0.39 is 13.7 Å². The molecular formula is C19H34N2O4Si. The van der Waals surface area contributed by atoms with E-state index in [2.05, 4.69) is 45.2 Å². The molecule has 0 radical (unpaired) electrons. The first kappa shape index (κ1) is 22.7. The van der Waals surface area contributed by atoms with E-state index in [9.17, 15) is 14.5 Å². The van der Waals surface area contributed by atoms with Crippen LogP contribution in [0.2, 0.25) is 18.1 Å². The van der Waals surface area contributed by atoms with Gasteiger partial charge in [0.05, 0.1) is 10.7 Å². The monoisotopic (exact) mass is 382 g/mol. The number of carbonyl (C=O) groups excluding carboxylic acids is 2. The van der Waals surface area contributed by atoms with Crippen molar-refractivity contribution in [2.45, 2.75) is 78.4 Å². The van der Waals surface area contributed by atoms with Gasteiger partial charge in [-0.05, 0) is 44.3 Å². The van der Waals surface area contributed by atoms with Crippen molar-refractivity contribution in [3.8, 4) is 0 Å². The molecule has 0 bridgehead atoms. The van der Waals surface area contributed by atoms with E-state index in [0.717, 1.165) is 11.4 Å². The Labute approximate surface area is 158 Å². The molecule has 1 atom stereocenters. The predicted molar refractivity (Wildman–Crippen MR) is 106 cm³/mol. The smallest absolute Gasteiger partial charge is 0.242 e. The topological polar surface area (TPSA) is 76.0 Å². The Morgan fingerprint density at radius 3 is 2.46 bits per heavy atom. The third-order valence-electron chi connectivity index (χ3n) is 5.78. The molecule has 0 aromatic carbocycles. The highest BCUT2D eigenvalue weighted by Crippen LogP contribution is 2.41. The molecule has 0 aromatic heterocycles. The lowest BCUT2D eigenvalue weighted by Gasteiger charge is -2.41. The first-order valence-corrected chi connectivity index (χ1v) is 12.2. The number of hydrogen-bond acceptors (Lipinski definition) is 5. The molecule has 0 spiro atoms. The van der Waals surface area contributed by atoms with Gasteiger partial charge in [0.15, 0.2) is 8.32 Å². The fourth-order valence-corrected chi connectivity index (χ4v) is 3.97. The maximum absolute atomic E-state index is 12.8. The van der Waals surface area contributed by atoms with Gasteiger partial charge in [-0.3, -0.25) is 9.59 Å². The Kier molecular flexibility index (Phi) is 7.48. The molecule has 1 rings (SSSR count). The minimum Gasteiger partial charge on any atom is -0.415 e. The highest BCUT2D eigenvalue weighted by atomic mass is 28.4. The zero-order valence-electron chi connectivity index (χ0n) is 17.3. The van der Waals surface area contributed by atoms with Crippen LogP contribution < -0.4 is 0 Å². The minimum absolute atomic E-state index is 0.0670. The first-order chi connectivity index (χ1) is 11.8. The van der Waals surface area contributed by atoms with E-state index >= 15 is 0 Å². The fraction of sp³-hybridized carbons (Fsp3) is 0.789. The van der Waals surface area contributed by atoms with Gasteiger partial charge in [0.25, 0.3) is 0 Å². The molecule has 1 aliphatic rings. The summed E-state index contributed by atoms with van der Waals surface area (Å²) < 4.78 is 6.39. The maximum Gasteiger partial charge on any atom is 0.242 e. The molecular weight excluding hydrogens is 348 g/mol. The van der Waals surface area contributed by atoms with Gasteiger partial charge >= 0.3 is 0 Å². The highest BCUT2D eigenvalue weighted by molar-refractivity contribution is 6.74. The lowest BCUT2D eigenvalue weighted by molar-refractivity contribution is -0.129. The zero-order valence-corrected chi connectivity index (χ0v) is 18.3. The van der Waals surface area contributed by atoms with E-state index in [0.29, 0.717) is 25.9 Å². The molecule has 0 fully saturated rings. The number of nitroso groups, excluding NO2 is 1. The second kappa shape index (κ2) is 8.56. The Balaban J connectivity index is 2.95. The lowest BCUT2D eigenvalue weighted by Crippen LogP contribution is -2.46. The molecule has 0 unspecified atom stereocenters. The summed E-state index contributed by atoms with van der Waals surface area (Å²) in [5, 5.41) is 3.73. The number of ketones is 1. The highest BCUT2D eigenvalue weighted by Gasteiger charge is 2.43. The van der Waals surface area contributed by atoms with Gasteiger partial charge in [0.1, 0.15) is 5.78 Å². The van der Waals surface area contributed by atoms with E-state index in [4.69, 9.17) is 4.43 Å². The van der Waals surface area contributed by atoms with Gasteiger partial charge in [-0.25, -0.2) is 0 Å². The molecule has 0 heterocycles. The molecule has 148 valence electrons. The van der Waals surface area contributed by atoms with Crippen molar-refractivity contribution >= 4 is 20.0 Å². The van der Waals surface area contributed by atoms with Crippen molar-refractivity contribution in [2.75, 3.05) is 13.2 Å². The molecule has 7 heteroatoms. The molecule has 26 heavy (non-hydrogen) atoms. The third-order valence-corrected chi connectivity index (χ3v) is 10.3. The minimum atomic E-state index is -1.99. The van der Waals surface area contributed by atoms with Crippen LogP contribution >= 0.6 is 0 Å². The van der Waals surface area contributed by atoms with Crippen molar-refractivity contribution in [3.05, 3.63) is 16.6 Å². The average molecular weight is 383 g/mol. The summed E-state index contributed by atoms with van der Waals surface area (Å²) in [6.45, 7) is 14.8. The van der Waals surface area contributed by atoms with Crippen LogP contribution in [0.25, 0.3) is 0 Å². The largest absolute Gasteiger partial charge is 0.415 e. The summed E-state index contributed by atoms with van der Waals surface area (Å²) in [5.74, 6) is -0.191. The first-order valence-electron chi connectivity index (χ1n) is 9.32. The lowest BCUT2D eigenvalue weighted by atomic mass is 9.73. The second-order valence-corrected chi connectivity index (χ2v) is 13.8. The van der Waals surface area contributed by atoms with E-state index in [1.54, 1.807) is 0 Å². The van der Waals surface area contributed by atoms with E-state index in [-0.39, 0.29) is 23.3 Å². The molecule has 0 aromatic rings. The van der Waals surface area contributed by atoms with Gasteiger partial charge in [0.2, 0.25) is 5.91 Å². The Morgan fingerprint density at radius 2 is 1.96 bits per heavy atom. The molecule has 1 aliphatic carbocycles. The summed E-state index contributed by atoms with van der Waals surface area (Å²) in [7, 11) is -1.99. The number of Topliss-reactive ketones (excluding diaryl/α,β-unsaturated/α-hetero) is 1. The van der Waals surface area contributed by atoms with Crippen LogP contribution in [0, 0.1) is 10.3 Å². The van der Waals surface area contributed by atoms with Crippen LogP contribution in [0.15, 0.2) is 16.9 Å². The summed E-state index contributed by atoms with van der Waals surface area (Å²) in [5.41, 5.74) is 0.531. The number of rotatable bonds is 8. The third kappa shape index (κ3) is 5.58. The summed E-state index contributed by atoms with van der Waals surface area (Å²) >= 11 is 0. The van der Waals surface area contributed by atoms with Crippen LogP contribution in [0.1, 0.15) is 60.3 Å². The van der Waals surface area contributed by atoms with Gasteiger partial charge in [-0.1, -0.05) is 32.4 Å². The van der Waals surface area contributed by atoms with Gasteiger partial charge in [0, 0.05) is 26.5 Å². The standard InChI is InChI=1S/C19H34N2O4Si/c1-15-9-10-17(23)19(13-15,11-8-12-21(20-24)16(2)22)14-25-26(6,7)18(3,4)5/h13H,8-12,14H2,1-7H3/t19-/m0/s1. The quantitative estimate of drug-likeness (QED) is 0.266. The van der Waals surface area contributed by atoms with Crippen LogP contribution in [0.4, 0.5) is 0 Å². The molecule has 0 aliphatic heterocycles. The average Bonchev–Trinajstić information content (AvgIpc) is 2.52. The number of carbonyl (C=O) groups is 2. The molecule has 0 N–H and O–H groups in total. The van der Waals surface area contributed by atoms with Crippen LogP contribution in [0.3, 0.4) is 0 Å². The fourth-order valence-electron chi connectivity index (χ4n) is 2.92. The van der Waals surface area contributed by atoms with Gasteiger partial charge in [-0.15, -0.1) is 4.91 Å². The molecule has 6 nitrogen and oxygen atoms in total. The van der Waals surface area contributed by atoms with Gasteiger partial charge < -0.3 is 4.43 Å². The van der Waals surface area contributed by atoms with E-state index in [1.807, 2.05) is 6.92 Å². The number of nitrogens with zero attached hydrogens (tertiary/aromatic N) is 2. The Hall–Kier alpha value is -1.34. The van der Waals surface area contributed by atoms with E-state index in [1.165, 1.54) is 12.5 Å². The van der Waals surface area contributed by atoms with Crippen LogP contribution in [0.5, 0.6) is 0 Å². The molecule has 1 amide bonds. The summed E-state index contributed by atoms with van der Waals surface area (Å²) in [6.07, 6.45) is 4.44. The summed E-state index contributed by atoms with van der Waals surface area (Å²) in [6, 6.07) is 0. The Morgan fingerprint density at radius 1 is 1.35 bits per heavy atom. The van der Waals surface area contributed by atoms with Crippen molar-refractivity contribution in [1.82, 2.24) is 5.01 Å². The van der Waals surface area contributed by atoms with Crippen molar-refractivity contribution in [1.29, 1.82) is 0 Å².